The average molecular weight is 128 g/mol. The number of methoxy groups -OCH3 is 1. The Kier molecular flexibility index (Phi) is 1.39. The number of rotatable bonds is 1. The van der Waals surface area contributed by atoms with Crippen molar-refractivity contribution < 1.29 is 9.47 Å². The topological polar surface area (TPSA) is 18.5 Å². The van der Waals surface area contributed by atoms with Crippen molar-refractivity contribution in [3.05, 3.63) is 12.0 Å². The van der Waals surface area contributed by atoms with Gasteiger partial charge in [-0.2, -0.15) is 0 Å². The van der Waals surface area contributed by atoms with Gasteiger partial charge in [0.15, 0.2) is 0 Å². The zero-order chi connectivity index (χ0) is 6.91. The fraction of sp³-hybridized carbons (Fsp3) is 0.714. The average Bonchev–Trinajstić information content (AvgIpc) is 2.10. The van der Waals surface area contributed by atoms with Crippen LogP contribution in [0, 0.1) is 0 Å². The Labute approximate surface area is 55.5 Å². The fourth-order valence-electron chi connectivity index (χ4n) is 0.810. The molecule has 0 radical (unpaired) electrons. The molecule has 1 rings (SSSR count). The van der Waals surface area contributed by atoms with Gasteiger partial charge in [0.25, 0.3) is 5.95 Å². The van der Waals surface area contributed by atoms with Crippen LogP contribution in [0.4, 0.5) is 0 Å². The Balaban J connectivity index is 2.50. The van der Waals surface area contributed by atoms with Gasteiger partial charge in [0, 0.05) is 12.5 Å². The van der Waals surface area contributed by atoms with Crippen molar-refractivity contribution in [2.24, 2.45) is 0 Å². The first kappa shape index (κ1) is 6.46. The van der Waals surface area contributed by atoms with Crippen molar-refractivity contribution in [1.29, 1.82) is 0 Å². The van der Waals surface area contributed by atoms with Crippen molar-refractivity contribution in [2.75, 3.05) is 7.11 Å². The summed E-state index contributed by atoms with van der Waals surface area (Å²) in [5, 5.41) is 0. The third kappa shape index (κ3) is 1.37. The SMILES string of the molecule is COC1=CCC(C)(C)O1. The Bertz CT molecular complexity index is 136. The van der Waals surface area contributed by atoms with Crippen LogP contribution in [0.25, 0.3) is 0 Å². The molecule has 2 nitrogen and oxygen atoms in total. The zero-order valence-electron chi connectivity index (χ0n) is 6.10. The van der Waals surface area contributed by atoms with E-state index in [9.17, 15) is 0 Å². The van der Waals surface area contributed by atoms with E-state index in [0.29, 0.717) is 5.95 Å². The second-order valence-corrected chi connectivity index (χ2v) is 2.79. The van der Waals surface area contributed by atoms with Crippen molar-refractivity contribution in [2.45, 2.75) is 25.9 Å². The summed E-state index contributed by atoms with van der Waals surface area (Å²) in [5.74, 6) is 0.653. The monoisotopic (exact) mass is 128 g/mol. The molecule has 0 amide bonds. The molecule has 0 aromatic carbocycles. The van der Waals surface area contributed by atoms with Crippen molar-refractivity contribution >= 4 is 0 Å². The highest BCUT2D eigenvalue weighted by Gasteiger charge is 2.25. The van der Waals surface area contributed by atoms with Gasteiger partial charge < -0.3 is 9.47 Å². The second kappa shape index (κ2) is 1.94. The molecule has 1 aliphatic rings. The first-order valence-corrected chi connectivity index (χ1v) is 3.07. The zero-order valence-corrected chi connectivity index (χ0v) is 6.10. The Morgan fingerprint density at radius 2 is 2.33 bits per heavy atom. The first-order valence-electron chi connectivity index (χ1n) is 3.07. The van der Waals surface area contributed by atoms with Crippen LogP contribution in [0.5, 0.6) is 0 Å². The molecule has 1 heterocycles. The molecule has 9 heavy (non-hydrogen) atoms. The van der Waals surface area contributed by atoms with E-state index in [1.54, 1.807) is 7.11 Å². The van der Waals surface area contributed by atoms with E-state index in [2.05, 4.69) is 0 Å². The van der Waals surface area contributed by atoms with Gasteiger partial charge >= 0.3 is 0 Å². The summed E-state index contributed by atoms with van der Waals surface area (Å²) < 4.78 is 10.2. The van der Waals surface area contributed by atoms with Crippen LogP contribution in [0.1, 0.15) is 20.3 Å². The molecular weight excluding hydrogens is 116 g/mol. The van der Waals surface area contributed by atoms with Gasteiger partial charge in [-0.15, -0.1) is 0 Å². The summed E-state index contributed by atoms with van der Waals surface area (Å²) in [5.41, 5.74) is -0.0503. The molecule has 0 atom stereocenters. The lowest BCUT2D eigenvalue weighted by Crippen LogP contribution is -2.17. The predicted molar refractivity (Wildman–Crippen MR) is 34.9 cm³/mol. The largest absolute Gasteiger partial charge is 0.469 e. The van der Waals surface area contributed by atoms with Crippen LogP contribution in [-0.4, -0.2) is 12.7 Å². The van der Waals surface area contributed by atoms with E-state index in [0.717, 1.165) is 6.42 Å². The van der Waals surface area contributed by atoms with Gasteiger partial charge in [-0.25, -0.2) is 0 Å². The number of hydrogen-bond acceptors (Lipinski definition) is 2. The van der Waals surface area contributed by atoms with E-state index in [-0.39, 0.29) is 5.60 Å². The minimum absolute atomic E-state index is 0.0503. The molecule has 0 aliphatic carbocycles. The normalized spacial score (nSPS) is 22.8. The van der Waals surface area contributed by atoms with E-state index in [1.807, 2.05) is 19.9 Å². The molecule has 0 saturated heterocycles. The summed E-state index contributed by atoms with van der Waals surface area (Å²) in [6, 6.07) is 0. The van der Waals surface area contributed by atoms with Crippen LogP contribution in [0.3, 0.4) is 0 Å². The lowest BCUT2D eigenvalue weighted by molar-refractivity contribution is -0.0159. The Morgan fingerprint density at radius 1 is 1.67 bits per heavy atom. The van der Waals surface area contributed by atoms with E-state index >= 15 is 0 Å². The molecule has 2 heteroatoms. The smallest absolute Gasteiger partial charge is 0.275 e. The summed E-state index contributed by atoms with van der Waals surface area (Å²) in [4.78, 5) is 0. The minimum Gasteiger partial charge on any atom is -0.469 e. The molecule has 0 aromatic rings. The number of hydrogen-bond donors (Lipinski definition) is 0. The van der Waals surface area contributed by atoms with Crippen LogP contribution < -0.4 is 0 Å². The molecule has 0 N–H and O–H groups in total. The molecule has 0 fully saturated rings. The molecule has 0 spiro atoms. The summed E-state index contributed by atoms with van der Waals surface area (Å²) in [6.45, 7) is 4.07. The third-order valence-electron chi connectivity index (χ3n) is 1.34. The lowest BCUT2D eigenvalue weighted by atomic mass is 10.1. The van der Waals surface area contributed by atoms with E-state index in [1.165, 1.54) is 0 Å². The minimum atomic E-state index is -0.0503. The van der Waals surface area contributed by atoms with E-state index < -0.39 is 0 Å². The molecule has 52 valence electrons. The van der Waals surface area contributed by atoms with E-state index in [4.69, 9.17) is 9.47 Å². The fourth-order valence-corrected chi connectivity index (χ4v) is 0.810. The maximum atomic E-state index is 5.34. The molecular formula is C7H12O2. The molecule has 0 unspecified atom stereocenters. The van der Waals surface area contributed by atoms with Crippen molar-refractivity contribution in [1.82, 2.24) is 0 Å². The summed E-state index contributed by atoms with van der Waals surface area (Å²) in [7, 11) is 1.62. The molecule has 0 bridgehead atoms. The molecule has 0 saturated carbocycles. The van der Waals surface area contributed by atoms with Crippen molar-refractivity contribution in [3.8, 4) is 0 Å². The molecule has 0 aromatic heterocycles. The summed E-state index contributed by atoms with van der Waals surface area (Å²) >= 11 is 0. The van der Waals surface area contributed by atoms with Gasteiger partial charge in [0.2, 0.25) is 0 Å². The summed E-state index contributed by atoms with van der Waals surface area (Å²) in [6.07, 6.45) is 2.90. The predicted octanol–water partition coefficient (Wildman–Crippen LogP) is 1.67. The quantitative estimate of drug-likeness (QED) is 0.534. The standard InChI is InChI=1S/C7H12O2/c1-7(2)5-4-6(8-3)9-7/h4H,5H2,1-3H3. The highest BCUT2D eigenvalue weighted by Crippen LogP contribution is 2.26. The number of ether oxygens (including phenoxy) is 2. The second-order valence-electron chi connectivity index (χ2n) is 2.79. The van der Waals surface area contributed by atoms with Crippen molar-refractivity contribution in [3.63, 3.8) is 0 Å². The first-order chi connectivity index (χ1) is 4.14. The maximum absolute atomic E-state index is 5.34. The van der Waals surface area contributed by atoms with Gasteiger partial charge in [0.05, 0.1) is 7.11 Å². The van der Waals surface area contributed by atoms with Crippen LogP contribution in [-0.2, 0) is 9.47 Å². The van der Waals surface area contributed by atoms with Crippen LogP contribution >= 0.6 is 0 Å². The molecule has 1 aliphatic heterocycles. The van der Waals surface area contributed by atoms with Crippen LogP contribution in [0.2, 0.25) is 0 Å². The van der Waals surface area contributed by atoms with Gasteiger partial charge in [-0.05, 0) is 13.8 Å². The Morgan fingerprint density at radius 3 is 2.56 bits per heavy atom. The maximum Gasteiger partial charge on any atom is 0.275 e. The van der Waals surface area contributed by atoms with Gasteiger partial charge in [0.1, 0.15) is 5.60 Å². The lowest BCUT2D eigenvalue weighted by Gasteiger charge is -2.18. The third-order valence-corrected chi connectivity index (χ3v) is 1.34. The highest BCUT2D eigenvalue weighted by molar-refractivity contribution is 4.98. The van der Waals surface area contributed by atoms with Crippen LogP contribution in [0.15, 0.2) is 12.0 Å². The van der Waals surface area contributed by atoms with Gasteiger partial charge in [-0.3, -0.25) is 0 Å². The highest BCUT2D eigenvalue weighted by atomic mass is 16.7. The Hall–Kier alpha value is -0.660. The van der Waals surface area contributed by atoms with Gasteiger partial charge in [-0.1, -0.05) is 0 Å².